The van der Waals surface area contributed by atoms with E-state index in [4.69, 9.17) is 0 Å². The average molecular weight is 295 g/mol. The van der Waals surface area contributed by atoms with E-state index in [-0.39, 0.29) is 0 Å². The monoisotopic (exact) mass is 294 g/mol. The molecular weight excluding hydrogens is 276 g/mol. The van der Waals surface area contributed by atoms with Crippen molar-refractivity contribution in [3.63, 3.8) is 0 Å². The van der Waals surface area contributed by atoms with E-state index < -0.39 is 0 Å². The van der Waals surface area contributed by atoms with Crippen LogP contribution in [0.25, 0.3) is 10.9 Å². The highest BCUT2D eigenvalue weighted by Crippen LogP contribution is 2.27. The van der Waals surface area contributed by atoms with Crippen LogP contribution in [0.5, 0.6) is 0 Å². The second-order valence-electron chi connectivity index (χ2n) is 4.50. The summed E-state index contributed by atoms with van der Waals surface area (Å²) in [6, 6.07) is 6.52. The molecule has 1 aromatic carbocycles. The first kappa shape index (κ1) is 12.7. The second-order valence-corrected chi connectivity index (χ2v) is 5.41. The van der Waals surface area contributed by atoms with Crippen LogP contribution in [0.15, 0.2) is 22.7 Å². The third-order valence-corrected chi connectivity index (χ3v) is 3.90. The number of hydrogen-bond donors (Lipinski definition) is 1. The SMILES string of the molecule is CNCCCc1c(C)c2ccc(Br)cc2n1C. The number of benzene rings is 1. The molecule has 2 nitrogen and oxygen atoms in total. The van der Waals surface area contributed by atoms with Crippen molar-refractivity contribution < 1.29 is 0 Å². The fraction of sp³-hybridized carbons (Fsp3) is 0.429. The topological polar surface area (TPSA) is 17.0 Å². The number of nitrogens with one attached hydrogen (secondary N) is 1. The summed E-state index contributed by atoms with van der Waals surface area (Å²) in [5.41, 5.74) is 4.19. The number of nitrogens with zero attached hydrogens (tertiary/aromatic N) is 1. The predicted molar refractivity (Wildman–Crippen MR) is 77.6 cm³/mol. The van der Waals surface area contributed by atoms with Crippen LogP contribution in [0.1, 0.15) is 17.7 Å². The van der Waals surface area contributed by atoms with Gasteiger partial charge in [0.25, 0.3) is 0 Å². The molecule has 17 heavy (non-hydrogen) atoms. The van der Waals surface area contributed by atoms with Crippen LogP contribution in [0.2, 0.25) is 0 Å². The summed E-state index contributed by atoms with van der Waals surface area (Å²) in [4.78, 5) is 0. The molecule has 0 atom stereocenters. The van der Waals surface area contributed by atoms with Crippen molar-refractivity contribution in [2.45, 2.75) is 19.8 Å². The van der Waals surface area contributed by atoms with Crippen molar-refractivity contribution >= 4 is 26.8 Å². The van der Waals surface area contributed by atoms with Crippen LogP contribution in [-0.2, 0) is 13.5 Å². The molecular formula is C14H19BrN2. The Morgan fingerprint density at radius 2 is 2.12 bits per heavy atom. The fourth-order valence-electron chi connectivity index (χ4n) is 2.44. The van der Waals surface area contributed by atoms with Gasteiger partial charge in [-0.2, -0.15) is 0 Å². The molecule has 0 radical (unpaired) electrons. The summed E-state index contributed by atoms with van der Waals surface area (Å²) >= 11 is 3.54. The van der Waals surface area contributed by atoms with Gasteiger partial charge >= 0.3 is 0 Å². The molecule has 0 saturated heterocycles. The summed E-state index contributed by atoms with van der Waals surface area (Å²) in [6.07, 6.45) is 2.32. The van der Waals surface area contributed by atoms with Gasteiger partial charge in [0.15, 0.2) is 0 Å². The normalized spacial score (nSPS) is 11.3. The number of halogens is 1. The van der Waals surface area contributed by atoms with Crippen molar-refractivity contribution in [3.05, 3.63) is 33.9 Å². The molecule has 1 heterocycles. The first-order valence-electron chi connectivity index (χ1n) is 6.03. The Kier molecular flexibility index (Phi) is 3.89. The maximum Gasteiger partial charge on any atom is 0.0493 e. The van der Waals surface area contributed by atoms with Gasteiger partial charge < -0.3 is 9.88 Å². The van der Waals surface area contributed by atoms with Gasteiger partial charge in [-0.3, -0.25) is 0 Å². The third kappa shape index (κ3) is 2.40. The Morgan fingerprint density at radius 1 is 1.35 bits per heavy atom. The zero-order valence-corrected chi connectivity index (χ0v) is 12.3. The highest BCUT2D eigenvalue weighted by atomic mass is 79.9. The number of rotatable bonds is 4. The zero-order valence-electron chi connectivity index (χ0n) is 10.7. The quantitative estimate of drug-likeness (QED) is 0.855. The molecule has 0 aliphatic rings. The van der Waals surface area contributed by atoms with Crippen LogP contribution in [-0.4, -0.2) is 18.2 Å². The Balaban J connectivity index is 2.42. The minimum Gasteiger partial charge on any atom is -0.347 e. The van der Waals surface area contributed by atoms with E-state index in [1.165, 1.54) is 28.6 Å². The molecule has 0 amide bonds. The largest absolute Gasteiger partial charge is 0.347 e. The number of aromatic nitrogens is 1. The van der Waals surface area contributed by atoms with E-state index in [2.05, 4.69) is 58.0 Å². The van der Waals surface area contributed by atoms with Crippen molar-refractivity contribution in [3.8, 4) is 0 Å². The van der Waals surface area contributed by atoms with Gasteiger partial charge in [0, 0.05) is 28.1 Å². The molecule has 1 N–H and O–H groups in total. The lowest BCUT2D eigenvalue weighted by molar-refractivity contribution is 0.696. The van der Waals surface area contributed by atoms with Crippen LogP contribution in [0, 0.1) is 6.92 Å². The van der Waals surface area contributed by atoms with E-state index >= 15 is 0 Å². The van der Waals surface area contributed by atoms with E-state index in [1.54, 1.807) is 0 Å². The van der Waals surface area contributed by atoms with Gasteiger partial charge in [-0.05, 0) is 51.1 Å². The Bertz CT molecular complexity index is 528. The molecule has 0 aliphatic carbocycles. The lowest BCUT2D eigenvalue weighted by atomic mass is 10.1. The summed E-state index contributed by atoms with van der Waals surface area (Å²) < 4.78 is 3.47. The molecule has 0 aliphatic heterocycles. The van der Waals surface area contributed by atoms with Crippen molar-refractivity contribution in [1.82, 2.24) is 9.88 Å². The summed E-state index contributed by atoms with van der Waals surface area (Å²) in [5.74, 6) is 0. The first-order chi connectivity index (χ1) is 8.15. The molecule has 0 spiro atoms. The maximum atomic E-state index is 3.54. The summed E-state index contributed by atoms with van der Waals surface area (Å²) in [6.45, 7) is 3.30. The average Bonchev–Trinajstić information content (AvgIpc) is 2.54. The predicted octanol–water partition coefficient (Wildman–Crippen LogP) is 3.40. The van der Waals surface area contributed by atoms with E-state index in [9.17, 15) is 0 Å². The van der Waals surface area contributed by atoms with Gasteiger partial charge in [0.05, 0.1) is 0 Å². The second kappa shape index (κ2) is 5.23. The molecule has 2 rings (SSSR count). The molecule has 0 saturated carbocycles. The Morgan fingerprint density at radius 3 is 2.82 bits per heavy atom. The van der Waals surface area contributed by atoms with Crippen LogP contribution >= 0.6 is 15.9 Å². The molecule has 0 unspecified atom stereocenters. The molecule has 0 bridgehead atoms. The van der Waals surface area contributed by atoms with Gasteiger partial charge in [-0.25, -0.2) is 0 Å². The lowest BCUT2D eigenvalue weighted by Crippen LogP contribution is -2.09. The van der Waals surface area contributed by atoms with Crippen LogP contribution in [0.3, 0.4) is 0 Å². The molecule has 92 valence electrons. The van der Waals surface area contributed by atoms with Crippen molar-refractivity contribution in [2.75, 3.05) is 13.6 Å². The third-order valence-electron chi connectivity index (χ3n) is 3.40. The van der Waals surface area contributed by atoms with Gasteiger partial charge in [-0.15, -0.1) is 0 Å². The first-order valence-corrected chi connectivity index (χ1v) is 6.82. The van der Waals surface area contributed by atoms with E-state index in [0.717, 1.165) is 17.4 Å². The van der Waals surface area contributed by atoms with Crippen LogP contribution < -0.4 is 5.32 Å². The number of fused-ring (bicyclic) bond motifs is 1. The van der Waals surface area contributed by atoms with Crippen molar-refractivity contribution in [1.29, 1.82) is 0 Å². The standard InChI is InChI=1S/C14H19BrN2/c1-10-12-7-6-11(15)9-14(12)17(3)13(10)5-4-8-16-2/h6-7,9,16H,4-5,8H2,1-3H3. The lowest BCUT2D eigenvalue weighted by Gasteiger charge is -2.05. The van der Waals surface area contributed by atoms with Gasteiger partial charge in [-0.1, -0.05) is 22.0 Å². The van der Waals surface area contributed by atoms with Gasteiger partial charge in [0.2, 0.25) is 0 Å². The molecule has 0 fully saturated rings. The number of aryl methyl sites for hydroxylation is 2. The minimum absolute atomic E-state index is 1.07. The van der Waals surface area contributed by atoms with Crippen LogP contribution in [0.4, 0.5) is 0 Å². The Labute approximate surface area is 111 Å². The minimum atomic E-state index is 1.07. The highest BCUT2D eigenvalue weighted by Gasteiger charge is 2.11. The highest BCUT2D eigenvalue weighted by molar-refractivity contribution is 9.10. The fourth-order valence-corrected chi connectivity index (χ4v) is 2.79. The molecule has 1 aromatic heterocycles. The summed E-state index contributed by atoms with van der Waals surface area (Å²) in [7, 11) is 4.17. The van der Waals surface area contributed by atoms with E-state index in [0.29, 0.717) is 0 Å². The molecule has 3 heteroatoms. The molecule has 2 aromatic rings. The maximum absolute atomic E-state index is 3.54. The van der Waals surface area contributed by atoms with Gasteiger partial charge in [0.1, 0.15) is 0 Å². The summed E-state index contributed by atoms with van der Waals surface area (Å²) in [5, 5.41) is 4.57. The van der Waals surface area contributed by atoms with E-state index in [1.807, 2.05) is 7.05 Å². The Hall–Kier alpha value is -0.800. The smallest absolute Gasteiger partial charge is 0.0493 e. The van der Waals surface area contributed by atoms with Crippen molar-refractivity contribution in [2.24, 2.45) is 7.05 Å². The number of hydrogen-bond acceptors (Lipinski definition) is 1. The zero-order chi connectivity index (χ0) is 12.4.